The lowest BCUT2D eigenvalue weighted by Gasteiger charge is -2.62. The summed E-state index contributed by atoms with van der Waals surface area (Å²) >= 11 is 0. The van der Waals surface area contributed by atoms with Crippen molar-refractivity contribution >= 4 is 0 Å². The first kappa shape index (κ1) is 22.9. The first-order valence-corrected chi connectivity index (χ1v) is 10.9. The van der Waals surface area contributed by atoms with Crippen LogP contribution in [0.2, 0.25) is 0 Å². The third kappa shape index (κ3) is 3.30. The molecule has 4 aliphatic rings. The Morgan fingerprint density at radius 3 is 2.10 bits per heavy atom. The number of alkyl halides is 5. The molecule has 0 amide bonds. The van der Waals surface area contributed by atoms with Crippen LogP contribution in [0, 0.1) is 35.8 Å². The summed E-state index contributed by atoms with van der Waals surface area (Å²) in [5.74, 6) is -7.05. The van der Waals surface area contributed by atoms with Gasteiger partial charge in [-0.3, -0.25) is 0 Å². The summed E-state index contributed by atoms with van der Waals surface area (Å²) in [6, 6.07) is 1.59. The second-order valence-corrected chi connectivity index (χ2v) is 9.84. The van der Waals surface area contributed by atoms with Crippen molar-refractivity contribution in [3.63, 3.8) is 0 Å². The first-order chi connectivity index (χ1) is 14.4. The van der Waals surface area contributed by atoms with E-state index in [9.17, 15) is 17.6 Å². The maximum atomic E-state index is 15.4. The van der Waals surface area contributed by atoms with Crippen molar-refractivity contribution in [3.8, 4) is 0 Å². The molecule has 174 valence electrons. The molecule has 0 radical (unpaired) electrons. The molecule has 4 fully saturated rings. The molecular weight excluding hydrogens is 425 g/mol. The van der Waals surface area contributed by atoms with Crippen molar-refractivity contribution in [1.82, 2.24) is 0 Å². The highest BCUT2D eigenvalue weighted by atomic mass is 19.3. The number of hydrogen-bond donors (Lipinski definition) is 0. The van der Waals surface area contributed by atoms with Gasteiger partial charge in [-0.15, -0.1) is 0 Å². The van der Waals surface area contributed by atoms with Crippen LogP contribution in [0.4, 0.5) is 30.7 Å². The fourth-order valence-corrected chi connectivity index (χ4v) is 6.12. The van der Waals surface area contributed by atoms with Crippen LogP contribution in [-0.4, -0.2) is 17.7 Å². The number of hydrogen-bond acceptors (Lipinski definition) is 1. The third-order valence-corrected chi connectivity index (χ3v) is 8.15. The fraction of sp³-hybridized carbons (Fsp3) is 0.739. The molecule has 4 aliphatic carbocycles. The Hall–Kier alpha value is -1.31. The predicted octanol–water partition coefficient (Wildman–Crippen LogP) is 7.45. The van der Waals surface area contributed by atoms with E-state index >= 15 is 13.2 Å². The van der Waals surface area contributed by atoms with Gasteiger partial charge in [-0.1, -0.05) is 25.8 Å². The van der Waals surface area contributed by atoms with Gasteiger partial charge < -0.3 is 4.74 Å². The lowest BCUT2D eigenvalue weighted by molar-refractivity contribution is -0.383. The molecule has 0 saturated heterocycles. The maximum Gasteiger partial charge on any atom is 0.386 e. The van der Waals surface area contributed by atoms with E-state index < -0.39 is 46.4 Å². The first-order valence-electron chi connectivity index (χ1n) is 10.9. The Labute approximate surface area is 177 Å². The molecule has 4 saturated carbocycles. The van der Waals surface area contributed by atoms with Gasteiger partial charge in [0, 0.05) is 5.41 Å². The number of ether oxygens (including phenoxy) is 1. The zero-order valence-electron chi connectivity index (χ0n) is 17.6. The Morgan fingerprint density at radius 1 is 0.935 bits per heavy atom. The van der Waals surface area contributed by atoms with E-state index in [1.165, 1.54) is 6.92 Å². The van der Waals surface area contributed by atoms with Gasteiger partial charge in [0.2, 0.25) is 0 Å². The minimum atomic E-state index is -4.45. The van der Waals surface area contributed by atoms with Crippen LogP contribution < -0.4 is 0 Å². The molecule has 1 atom stereocenters. The van der Waals surface area contributed by atoms with Crippen molar-refractivity contribution in [1.29, 1.82) is 0 Å². The summed E-state index contributed by atoms with van der Waals surface area (Å²) < 4.78 is 108. The van der Waals surface area contributed by atoms with Crippen molar-refractivity contribution in [2.45, 2.75) is 89.0 Å². The maximum absolute atomic E-state index is 15.4. The summed E-state index contributed by atoms with van der Waals surface area (Å²) in [5.41, 5.74) is -5.60. The quantitative estimate of drug-likeness (QED) is 0.431. The van der Waals surface area contributed by atoms with Crippen molar-refractivity contribution in [2.24, 2.45) is 17.3 Å². The molecule has 0 aromatic heterocycles. The second kappa shape index (κ2) is 7.35. The van der Waals surface area contributed by atoms with Gasteiger partial charge >= 0.3 is 6.11 Å². The molecule has 1 aromatic rings. The molecule has 0 aliphatic heterocycles. The van der Waals surface area contributed by atoms with Crippen LogP contribution in [0.1, 0.15) is 69.4 Å². The molecule has 0 N–H and O–H groups in total. The van der Waals surface area contributed by atoms with E-state index in [4.69, 9.17) is 4.74 Å². The van der Waals surface area contributed by atoms with Crippen molar-refractivity contribution in [3.05, 3.63) is 34.9 Å². The lowest BCUT2D eigenvalue weighted by Crippen LogP contribution is -2.70. The van der Waals surface area contributed by atoms with Gasteiger partial charge in [0.1, 0.15) is 5.60 Å². The van der Waals surface area contributed by atoms with Gasteiger partial charge in [0.15, 0.2) is 17.8 Å². The summed E-state index contributed by atoms with van der Waals surface area (Å²) in [6.45, 7) is 3.26. The van der Waals surface area contributed by atoms with E-state index in [-0.39, 0.29) is 37.2 Å². The monoisotopic (exact) mass is 452 g/mol. The molecule has 1 unspecified atom stereocenters. The summed E-state index contributed by atoms with van der Waals surface area (Å²) in [5, 5.41) is 0. The Balaban J connectivity index is 1.63. The fourth-order valence-electron chi connectivity index (χ4n) is 6.12. The van der Waals surface area contributed by atoms with Crippen LogP contribution >= 0.6 is 0 Å². The molecule has 1 aromatic carbocycles. The summed E-state index contributed by atoms with van der Waals surface area (Å²) in [4.78, 5) is 0. The minimum Gasteiger partial charge on any atom is -0.306 e. The van der Waals surface area contributed by atoms with E-state index in [0.717, 1.165) is 18.9 Å². The molecule has 31 heavy (non-hydrogen) atoms. The van der Waals surface area contributed by atoms with Crippen LogP contribution in [0.5, 0.6) is 0 Å². The standard InChI is InChI=1S/C23H27F7O/c1-13-3-6-15(7-4-13)20-9-11-21(12-10-20,19(26)22(20,27)28)31-23(29,30)16-8-5-14(2)17(24)18(16)25/h5,8,13,15,19H,3-4,6-7,9-12H2,1-2H3. The molecule has 1 nitrogen and oxygen atoms in total. The molecule has 2 bridgehead atoms. The highest BCUT2D eigenvalue weighted by Gasteiger charge is 2.75. The van der Waals surface area contributed by atoms with E-state index in [1.54, 1.807) is 0 Å². The summed E-state index contributed by atoms with van der Waals surface area (Å²) in [7, 11) is 0. The normalized spacial score (nSPS) is 37.8. The molecule has 5 rings (SSSR count). The average molecular weight is 452 g/mol. The van der Waals surface area contributed by atoms with Crippen LogP contribution in [0.25, 0.3) is 0 Å². The average Bonchev–Trinajstić information content (AvgIpc) is 2.71. The molecule has 0 spiro atoms. The highest BCUT2D eigenvalue weighted by molar-refractivity contribution is 5.28. The van der Waals surface area contributed by atoms with E-state index in [1.807, 2.05) is 0 Å². The third-order valence-electron chi connectivity index (χ3n) is 8.15. The van der Waals surface area contributed by atoms with Crippen LogP contribution in [0.3, 0.4) is 0 Å². The minimum absolute atomic E-state index is 0.125. The number of halogens is 7. The van der Waals surface area contributed by atoms with Crippen molar-refractivity contribution in [2.75, 3.05) is 0 Å². The SMILES string of the molecule is Cc1ccc(C(F)(F)OC23CCC(C4CCC(C)CC4)(CC2)C(F)(F)C3F)c(F)c1F. The predicted molar refractivity (Wildman–Crippen MR) is 101 cm³/mol. The Kier molecular flexibility index (Phi) is 5.43. The van der Waals surface area contributed by atoms with E-state index in [2.05, 4.69) is 6.92 Å². The van der Waals surface area contributed by atoms with Crippen molar-refractivity contribution < 1.29 is 35.5 Å². The molecule has 0 heterocycles. The largest absolute Gasteiger partial charge is 0.386 e. The van der Waals surface area contributed by atoms with Gasteiger partial charge in [0.25, 0.3) is 5.92 Å². The highest BCUT2D eigenvalue weighted by Crippen LogP contribution is 2.68. The van der Waals surface area contributed by atoms with Crippen LogP contribution in [-0.2, 0) is 10.8 Å². The second-order valence-electron chi connectivity index (χ2n) is 9.84. The van der Waals surface area contributed by atoms with Gasteiger partial charge in [-0.2, -0.15) is 8.78 Å². The smallest absolute Gasteiger partial charge is 0.306 e. The molecular formula is C23H27F7O. The van der Waals surface area contributed by atoms with Gasteiger partial charge in [-0.25, -0.2) is 22.0 Å². The summed E-state index contributed by atoms with van der Waals surface area (Å²) in [6.07, 6.45) is -5.52. The Bertz CT molecular complexity index is 837. The molecule has 8 heteroatoms. The number of aryl methyl sites for hydroxylation is 1. The Morgan fingerprint density at radius 2 is 1.52 bits per heavy atom. The van der Waals surface area contributed by atoms with Crippen LogP contribution in [0.15, 0.2) is 12.1 Å². The topological polar surface area (TPSA) is 9.23 Å². The zero-order chi connectivity index (χ0) is 22.8. The van der Waals surface area contributed by atoms with Gasteiger partial charge in [0.05, 0.1) is 5.56 Å². The number of benzene rings is 1. The zero-order valence-corrected chi connectivity index (χ0v) is 17.6. The van der Waals surface area contributed by atoms with Gasteiger partial charge in [-0.05, 0) is 68.9 Å². The number of rotatable bonds is 4. The lowest BCUT2D eigenvalue weighted by atomic mass is 9.49. The number of fused-ring (bicyclic) bond motifs is 3. The van der Waals surface area contributed by atoms with E-state index in [0.29, 0.717) is 24.8 Å².